The lowest BCUT2D eigenvalue weighted by Crippen LogP contribution is -2.17. The number of hydrogen-bond acceptors (Lipinski definition) is 7. The zero-order valence-corrected chi connectivity index (χ0v) is 16.7. The van der Waals surface area contributed by atoms with Gasteiger partial charge in [-0.05, 0) is 60.2 Å². The molecule has 162 valence electrons. The molecule has 3 rings (SSSR count). The predicted molar refractivity (Wildman–Crippen MR) is 113 cm³/mol. The van der Waals surface area contributed by atoms with Crippen LogP contribution in [-0.4, -0.2) is 30.1 Å². The number of rotatable bonds is 7. The number of nitro benzene ring substituents is 1. The molecule has 0 aliphatic carbocycles. The summed E-state index contributed by atoms with van der Waals surface area (Å²) in [6, 6.07) is 14.6. The van der Waals surface area contributed by atoms with Crippen LogP contribution in [0.2, 0.25) is 0 Å². The second-order valence-corrected chi connectivity index (χ2v) is 6.31. The number of nitrogens with zero attached hydrogens (tertiary/aromatic N) is 2. The molecule has 1 amide bonds. The third kappa shape index (κ3) is 5.51. The van der Waals surface area contributed by atoms with Gasteiger partial charge in [-0.15, -0.1) is 0 Å². The highest BCUT2D eigenvalue weighted by Gasteiger charge is 2.14. The lowest BCUT2D eigenvalue weighted by molar-refractivity contribution is -0.384. The number of non-ortho nitro benzene ring substituents is 1. The fraction of sp³-hybridized carbons (Fsp3) is 0.0455. The lowest BCUT2D eigenvalue weighted by atomic mass is 10.2. The molecule has 0 aromatic heterocycles. The van der Waals surface area contributed by atoms with Gasteiger partial charge in [-0.2, -0.15) is 5.10 Å². The van der Waals surface area contributed by atoms with Crippen LogP contribution in [-0.2, 0) is 0 Å². The summed E-state index contributed by atoms with van der Waals surface area (Å²) in [6.45, 7) is 0. The number of halogens is 1. The van der Waals surface area contributed by atoms with Gasteiger partial charge in [-0.1, -0.05) is 0 Å². The maximum atomic E-state index is 12.9. The fourth-order valence-corrected chi connectivity index (χ4v) is 2.56. The van der Waals surface area contributed by atoms with Gasteiger partial charge >= 0.3 is 5.97 Å². The molecule has 0 bridgehead atoms. The molecule has 0 fully saturated rings. The van der Waals surface area contributed by atoms with Crippen molar-refractivity contribution < 1.29 is 28.4 Å². The minimum atomic E-state index is -0.717. The number of carbonyl (C=O) groups excluding carboxylic acids is 2. The van der Waals surface area contributed by atoms with E-state index in [-0.39, 0.29) is 28.3 Å². The number of nitrogens with one attached hydrogen (secondary N) is 1. The van der Waals surface area contributed by atoms with Crippen LogP contribution in [0.15, 0.2) is 71.8 Å². The minimum Gasteiger partial charge on any atom is -0.493 e. The molecule has 9 nitrogen and oxygen atoms in total. The van der Waals surface area contributed by atoms with Crippen LogP contribution >= 0.6 is 0 Å². The Morgan fingerprint density at radius 3 is 2.28 bits per heavy atom. The smallest absolute Gasteiger partial charge is 0.343 e. The number of amides is 1. The standard InChI is InChI=1S/C22H16FN3O6/c1-31-20-12-14(13-24-25-21(27)15-3-7-17(23)8-4-15)2-11-19(20)32-22(28)16-5-9-18(10-6-16)26(29)30/h2-13H,1H3,(H,25,27)/b24-13+. The molecule has 0 atom stereocenters. The highest BCUT2D eigenvalue weighted by molar-refractivity contribution is 5.95. The molecule has 0 saturated heterocycles. The zero-order valence-electron chi connectivity index (χ0n) is 16.7. The zero-order chi connectivity index (χ0) is 23.1. The molecule has 32 heavy (non-hydrogen) atoms. The van der Waals surface area contributed by atoms with Gasteiger partial charge in [0.25, 0.3) is 11.6 Å². The number of hydrogen-bond donors (Lipinski definition) is 1. The molecule has 0 heterocycles. The molecule has 0 unspecified atom stereocenters. The number of benzene rings is 3. The van der Waals surface area contributed by atoms with Gasteiger partial charge in [0.2, 0.25) is 0 Å². The Bertz CT molecular complexity index is 1180. The highest BCUT2D eigenvalue weighted by Crippen LogP contribution is 2.28. The summed E-state index contributed by atoms with van der Waals surface area (Å²) in [7, 11) is 1.38. The number of methoxy groups -OCH3 is 1. The third-order valence-corrected chi connectivity index (χ3v) is 4.19. The minimum absolute atomic E-state index is 0.128. The molecule has 3 aromatic rings. The maximum Gasteiger partial charge on any atom is 0.343 e. The molecule has 0 aliphatic rings. The first-order chi connectivity index (χ1) is 15.4. The van der Waals surface area contributed by atoms with Crippen LogP contribution in [0.1, 0.15) is 26.3 Å². The largest absolute Gasteiger partial charge is 0.493 e. The van der Waals surface area contributed by atoms with E-state index in [9.17, 15) is 24.1 Å². The van der Waals surface area contributed by atoms with Gasteiger partial charge < -0.3 is 9.47 Å². The Hall–Kier alpha value is -4.60. The van der Waals surface area contributed by atoms with E-state index in [0.717, 1.165) is 0 Å². The van der Waals surface area contributed by atoms with E-state index >= 15 is 0 Å². The molecule has 10 heteroatoms. The summed E-state index contributed by atoms with van der Waals surface area (Å²) in [5.74, 6) is -1.32. The van der Waals surface area contributed by atoms with Gasteiger partial charge in [-0.3, -0.25) is 14.9 Å². The molecule has 0 spiro atoms. The Labute approximate surface area is 181 Å². The van der Waals surface area contributed by atoms with E-state index in [1.807, 2.05) is 0 Å². The second-order valence-electron chi connectivity index (χ2n) is 6.31. The number of esters is 1. The predicted octanol–water partition coefficient (Wildman–Crippen LogP) is 3.73. The van der Waals surface area contributed by atoms with Gasteiger partial charge in [0.05, 0.1) is 23.8 Å². The fourth-order valence-electron chi connectivity index (χ4n) is 2.56. The number of hydrazone groups is 1. The maximum absolute atomic E-state index is 12.9. The molecule has 3 aromatic carbocycles. The highest BCUT2D eigenvalue weighted by atomic mass is 19.1. The van der Waals surface area contributed by atoms with Crippen LogP contribution < -0.4 is 14.9 Å². The first-order valence-corrected chi connectivity index (χ1v) is 9.11. The van der Waals surface area contributed by atoms with Crippen LogP contribution in [0.25, 0.3) is 0 Å². The van der Waals surface area contributed by atoms with Gasteiger partial charge in [-0.25, -0.2) is 14.6 Å². The number of nitro groups is 1. The van der Waals surface area contributed by atoms with Crippen LogP contribution in [0.5, 0.6) is 11.5 Å². The molecular formula is C22H16FN3O6. The summed E-state index contributed by atoms with van der Waals surface area (Å²) in [5, 5.41) is 14.6. The first kappa shape index (κ1) is 22.1. The second kappa shape index (κ2) is 9.94. The van der Waals surface area contributed by atoms with E-state index in [2.05, 4.69) is 10.5 Å². The van der Waals surface area contributed by atoms with Gasteiger partial charge in [0, 0.05) is 17.7 Å². The van der Waals surface area contributed by atoms with E-state index in [4.69, 9.17) is 9.47 Å². The summed E-state index contributed by atoms with van der Waals surface area (Å²) in [6.07, 6.45) is 1.35. The molecule has 0 saturated carbocycles. The summed E-state index contributed by atoms with van der Waals surface area (Å²) in [5.41, 5.74) is 3.09. The monoisotopic (exact) mass is 437 g/mol. The molecule has 1 N–H and O–H groups in total. The summed E-state index contributed by atoms with van der Waals surface area (Å²) in [4.78, 5) is 34.4. The van der Waals surface area contributed by atoms with Crippen molar-refractivity contribution in [3.63, 3.8) is 0 Å². The van der Waals surface area contributed by atoms with Gasteiger partial charge in [0.15, 0.2) is 11.5 Å². The van der Waals surface area contributed by atoms with E-state index in [1.165, 1.54) is 74.0 Å². The van der Waals surface area contributed by atoms with E-state index < -0.39 is 22.6 Å². The van der Waals surface area contributed by atoms with Crippen LogP contribution in [0.4, 0.5) is 10.1 Å². The SMILES string of the molecule is COc1cc(/C=N/NC(=O)c2ccc(F)cc2)ccc1OC(=O)c1ccc([N+](=O)[O-])cc1. The lowest BCUT2D eigenvalue weighted by Gasteiger charge is -2.10. The Morgan fingerprint density at radius 1 is 1.00 bits per heavy atom. The Morgan fingerprint density at radius 2 is 1.66 bits per heavy atom. The molecular weight excluding hydrogens is 421 g/mol. The van der Waals surface area contributed by atoms with Crippen molar-refractivity contribution in [1.82, 2.24) is 5.43 Å². The molecule has 0 radical (unpaired) electrons. The van der Waals surface area contributed by atoms with E-state index in [1.54, 1.807) is 6.07 Å². The van der Waals surface area contributed by atoms with Crippen molar-refractivity contribution >= 4 is 23.8 Å². The van der Waals surface area contributed by atoms with Crippen molar-refractivity contribution in [3.05, 3.63) is 99.4 Å². The van der Waals surface area contributed by atoms with Crippen molar-refractivity contribution in [1.29, 1.82) is 0 Å². The first-order valence-electron chi connectivity index (χ1n) is 9.11. The van der Waals surface area contributed by atoms with E-state index in [0.29, 0.717) is 5.56 Å². The number of carbonyl (C=O) groups is 2. The van der Waals surface area contributed by atoms with Crippen molar-refractivity contribution in [2.45, 2.75) is 0 Å². The normalized spacial score (nSPS) is 10.6. The van der Waals surface area contributed by atoms with Crippen molar-refractivity contribution in [2.24, 2.45) is 5.10 Å². The topological polar surface area (TPSA) is 120 Å². The van der Waals surface area contributed by atoms with Crippen molar-refractivity contribution in [2.75, 3.05) is 7.11 Å². The quantitative estimate of drug-likeness (QED) is 0.198. The van der Waals surface area contributed by atoms with Crippen LogP contribution in [0, 0.1) is 15.9 Å². The number of ether oxygens (including phenoxy) is 2. The van der Waals surface area contributed by atoms with Crippen LogP contribution in [0.3, 0.4) is 0 Å². The Kier molecular flexibility index (Phi) is 6.86. The van der Waals surface area contributed by atoms with Gasteiger partial charge in [0.1, 0.15) is 5.82 Å². The molecule has 0 aliphatic heterocycles. The van der Waals surface area contributed by atoms with Crippen molar-refractivity contribution in [3.8, 4) is 11.5 Å². The third-order valence-electron chi connectivity index (χ3n) is 4.19. The average Bonchev–Trinajstić information content (AvgIpc) is 2.80. The summed E-state index contributed by atoms with van der Waals surface area (Å²) < 4.78 is 23.5. The summed E-state index contributed by atoms with van der Waals surface area (Å²) >= 11 is 0. The average molecular weight is 437 g/mol. The Balaban J connectivity index is 1.66.